The van der Waals surface area contributed by atoms with Gasteiger partial charge in [0.2, 0.25) is 5.65 Å². The van der Waals surface area contributed by atoms with E-state index in [0.717, 1.165) is 42.7 Å². The number of ether oxygens (including phenoxy) is 3. The van der Waals surface area contributed by atoms with Crippen LogP contribution in [0.3, 0.4) is 0 Å². The third-order valence-electron chi connectivity index (χ3n) is 4.75. The minimum Gasteiger partial charge on any atom is -0.493 e. The molecule has 0 spiro atoms. The zero-order valence-electron chi connectivity index (χ0n) is 18.7. The molecule has 168 valence electrons. The molecule has 2 aromatic heterocycles. The summed E-state index contributed by atoms with van der Waals surface area (Å²) in [7, 11) is 3.20. The molecule has 0 saturated heterocycles. The number of nitrogens with one attached hydrogen (secondary N) is 2. The molecule has 0 aliphatic rings. The molecule has 0 aliphatic carbocycles. The number of aromatic nitrogens is 4. The Morgan fingerprint density at radius 2 is 1.77 bits per heavy atom. The Labute approximate surface area is 181 Å². The van der Waals surface area contributed by atoms with Crippen LogP contribution in [0.2, 0.25) is 0 Å². The van der Waals surface area contributed by atoms with Crippen molar-refractivity contribution in [3.63, 3.8) is 0 Å². The zero-order valence-corrected chi connectivity index (χ0v) is 18.7. The quantitative estimate of drug-likeness (QED) is 0.471. The van der Waals surface area contributed by atoms with Gasteiger partial charge in [-0.05, 0) is 40.0 Å². The summed E-state index contributed by atoms with van der Waals surface area (Å²) in [6.07, 6.45) is 2.26. The van der Waals surface area contributed by atoms with Crippen LogP contribution in [0.5, 0.6) is 11.5 Å². The van der Waals surface area contributed by atoms with Gasteiger partial charge in [0.1, 0.15) is 5.82 Å². The molecule has 1 aromatic carbocycles. The molecule has 31 heavy (non-hydrogen) atoms. The molecular weight excluding hydrogens is 400 g/mol. The summed E-state index contributed by atoms with van der Waals surface area (Å²) in [5.74, 6) is 2.66. The number of alkyl carbamates (subject to hydrolysis) is 1. The number of nitrogens with zero attached hydrogens (tertiary/aromatic N) is 4. The lowest BCUT2D eigenvalue weighted by Crippen LogP contribution is -2.27. The van der Waals surface area contributed by atoms with Crippen molar-refractivity contribution in [2.45, 2.75) is 46.1 Å². The van der Waals surface area contributed by atoms with Gasteiger partial charge in [0.25, 0.3) is 0 Å². The molecule has 0 atom stereocenters. The summed E-state index contributed by atoms with van der Waals surface area (Å²) in [6.45, 7) is 6.87. The number of anilines is 1. The molecule has 10 nitrogen and oxygen atoms in total. The van der Waals surface area contributed by atoms with Crippen LogP contribution in [0.4, 0.5) is 10.6 Å². The molecule has 1 amide bonds. The van der Waals surface area contributed by atoms with E-state index in [2.05, 4.69) is 20.8 Å². The van der Waals surface area contributed by atoms with Gasteiger partial charge in [-0.1, -0.05) is 0 Å². The van der Waals surface area contributed by atoms with Gasteiger partial charge >= 0.3 is 6.09 Å². The molecule has 0 unspecified atom stereocenters. The van der Waals surface area contributed by atoms with E-state index < -0.39 is 0 Å². The molecule has 2 N–H and O–H groups in total. The highest BCUT2D eigenvalue weighted by Crippen LogP contribution is 2.33. The van der Waals surface area contributed by atoms with Crippen molar-refractivity contribution < 1.29 is 19.0 Å². The maximum Gasteiger partial charge on any atom is 0.407 e. The second-order valence-electron chi connectivity index (χ2n) is 7.43. The first-order valence-corrected chi connectivity index (χ1v) is 10.4. The van der Waals surface area contributed by atoms with Crippen molar-refractivity contribution >= 4 is 28.6 Å². The number of aryl methyl sites for hydroxylation is 1. The zero-order chi connectivity index (χ0) is 22.4. The fourth-order valence-electron chi connectivity index (χ4n) is 3.30. The number of rotatable bonds is 10. The normalized spacial score (nSPS) is 11.2. The molecular formula is C21H30N6O4. The SMILES string of the molecule is COc1cc2nc(NCCCCCNC(=O)OC(C)C)c3nnc(C)n3c2cc1OC. The molecule has 3 rings (SSSR count). The van der Waals surface area contributed by atoms with E-state index in [9.17, 15) is 4.79 Å². The van der Waals surface area contributed by atoms with Crippen LogP contribution in [-0.4, -0.2) is 59.1 Å². The van der Waals surface area contributed by atoms with Gasteiger partial charge in [-0.2, -0.15) is 0 Å². The highest BCUT2D eigenvalue weighted by molar-refractivity contribution is 5.85. The number of carbonyl (C=O) groups excluding carboxylic acids is 1. The van der Waals surface area contributed by atoms with Gasteiger partial charge in [0, 0.05) is 25.2 Å². The Bertz CT molecular complexity index is 1050. The first-order valence-electron chi connectivity index (χ1n) is 10.4. The largest absolute Gasteiger partial charge is 0.493 e. The van der Waals surface area contributed by atoms with Crippen LogP contribution in [0.1, 0.15) is 38.9 Å². The van der Waals surface area contributed by atoms with Gasteiger partial charge in [-0.15, -0.1) is 10.2 Å². The molecule has 0 fully saturated rings. The Hall–Kier alpha value is -3.30. The van der Waals surface area contributed by atoms with Gasteiger partial charge < -0.3 is 24.8 Å². The monoisotopic (exact) mass is 430 g/mol. The van der Waals surface area contributed by atoms with Crippen LogP contribution in [0.25, 0.3) is 16.7 Å². The molecule has 0 aliphatic heterocycles. The predicted molar refractivity (Wildman–Crippen MR) is 118 cm³/mol. The lowest BCUT2D eigenvalue weighted by atomic mass is 10.2. The van der Waals surface area contributed by atoms with Crippen LogP contribution in [-0.2, 0) is 4.74 Å². The van der Waals surface area contributed by atoms with E-state index in [1.54, 1.807) is 14.2 Å². The summed E-state index contributed by atoms with van der Waals surface area (Å²) in [4.78, 5) is 16.2. The number of hydrogen-bond acceptors (Lipinski definition) is 8. The number of methoxy groups -OCH3 is 2. The Balaban J connectivity index is 1.65. The number of amides is 1. The van der Waals surface area contributed by atoms with Gasteiger partial charge in [0.05, 0.1) is 31.4 Å². The Morgan fingerprint density at radius 1 is 1.06 bits per heavy atom. The highest BCUT2D eigenvalue weighted by Gasteiger charge is 2.16. The molecule has 3 aromatic rings. The summed E-state index contributed by atoms with van der Waals surface area (Å²) in [5.41, 5.74) is 2.26. The average Bonchev–Trinajstić information content (AvgIpc) is 3.13. The molecule has 10 heteroatoms. The lowest BCUT2D eigenvalue weighted by Gasteiger charge is -2.13. The van der Waals surface area contributed by atoms with Crippen LogP contribution in [0.15, 0.2) is 12.1 Å². The number of unbranched alkanes of at least 4 members (excludes halogenated alkanes) is 2. The molecule has 0 bridgehead atoms. The molecule has 0 radical (unpaired) electrons. The van der Waals surface area contributed by atoms with Crippen LogP contribution >= 0.6 is 0 Å². The van der Waals surface area contributed by atoms with Gasteiger partial charge in [-0.25, -0.2) is 9.78 Å². The minimum atomic E-state index is -0.370. The third kappa shape index (κ3) is 5.25. The first-order chi connectivity index (χ1) is 14.9. The van der Waals surface area contributed by atoms with Gasteiger partial charge in [-0.3, -0.25) is 4.40 Å². The van der Waals surface area contributed by atoms with Crippen molar-refractivity contribution in [2.75, 3.05) is 32.6 Å². The fraction of sp³-hybridized carbons (Fsp3) is 0.524. The van der Waals surface area contributed by atoms with Crippen molar-refractivity contribution in [3.8, 4) is 11.5 Å². The summed E-state index contributed by atoms with van der Waals surface area (Å²) >= 11 is 0. The number of fused-ring (bicyclic) bond motifs is 3. The second-order valence-corrected chi connectivity index (χ2v) is 7.43. The van der Waals surface area contributed by atoms with Crippen LogP contribution < -0.4 is 20.1 Å². The maximum atomic E-state index is 11.5. The lowest BCUT2D eigenvalue weighted by molar-refractivity contribution is 0.115. The van der Waals surface area contributed by atoms with E-state index in [0.29, 0.717) is 29.5 Å². The number of carbonyl (C=O) groups is 1. The van der Waals surface area contributed by atoms with Crippen molar-refractivity contribution in [3.05, 3.63) is 18.0 Å². The molecule has 0 saturated carbocycles. The highest BCUT2D eigenvalue weighted by atomic mass is 16.6. The topological polar surface area (TPSA) is 112 Å². The van der Waals surface area contributed by atoms with E-state index in [1.165, 1.54) is 0 Å². The van der Waals surface area contributed by atoms with Gasteiger partial charge in [0.15, 0.2) is 17.3 Å². The number of hydrogen-bond donors (Lipinski definition) is 2. The van der Waals surface area contributed by atoms with E-state index in [-0.39, 0.29) is 12.2 Å². The molecule has 2 heterocycles. The summed E-state index contributed by atoms with van der Waals surface area (Å²) < 4.78 is 17.8. The third-order valence-corrected chi connectivity index (χ3v) is 4.75. The van der Waals surface area contributed by atoms with Crippen molar-refractivity contribution in [1.82, 2.24) is 24.9 Å². The predicted octanol–water partition coefficient (Wildman–Crippen LogP) is 3.32. The van der Waals surface area contributed by atoms with E-state index in [4.69, 9.17) is 19.2 Å². The maximum absolute atomic E-state index is 11.5. The van der Waals surface area contributed by atoms with Crippen molar-refractivity contribution in [1.29, 1.82) is 0 Å². The van der Waals surface area contributed by atoms with E-state index in [1.807, 2.05) is 37.3 Å². The smallest absolute Gasteiger partial charge is 0.407 e. The van der Waals surface area contributed by atoms with E-state index >= 15 is 0 Å². The van der Waals surface area contributed by atoms with Crippen LogP contribution in [0, 0.1) is 6.92 Å². The Kier molecular flexibility index (Phi) is 7.32. The Morgan fingerprint density at radius 3 is 2.48 bits per heavy atom. The number of benzene rings is 1. The fourth-order valence-corrected chi connectivity index (χ4v) is 3.30. The minimum absolute atomic E-state index is 0.114. The summed E-state index contributed by atoms with van der Waals surface area (Å²) in [6, 6.07) is 3.73. The standard InChI is InChI=1S/C21H30N6O4/c1-13(2)31-21(28)23-10-8-6-7-9-22-19-20-26-25-14(3)27(20)16-12-18(30-5)17(29-4)11-15(16)24-19/h11-13H,6-10H2,1-5H3,(H,22,24)(H,23,28). The summed E-state index contributed by atoms with van der Waals surface area (Å²) in [5, 5.41) is 14.6. The first kappa shape index (κ1) is 22.4. The second kappa shape index (κ2) is 10.1. The average molecular weight is 431 g/mol. The van der Waals surface area contributed by atoms with Crippen molar-refractivity contribution in [2.24, 2.45) is 0 Å².